The molecule has 0 amide bonds. The molecule has 1 aliphatic rings. The molecule has 0 radical (unpaired) electrons. The van der Waals surface area contributed by atoms with Crippen LogP contribution in [0.15, 0.2) is 30.7 Å². The van der Waals surface area contributed by atoms with Gasteiger partial charge < -0.3 is 19.4 Å². The van der Waals surface area contributed by atoms with E-state index >= 15 is 0 Å². The van der Waals surface area contributed by atoms with Crippen LogP contribution in [0.3, 0.4) is 0 Å². The first-order valence-corrected chi connectivity index (χ1v) is 6.84. The van der Waals surface area contributed by atoms with Crippen molar-refractivity contribution in [1.29, 1.82) is 0 Å². The maximum absolute atomic E-state index is 5.50. The van der Waals surface area contributed by atoms with Crippen molar-refractivity contribution in [2.75, 3.05) is 6.79 Å². The second kappa shape index (κ2) is 5.54. The van der Waals surface area contributed by atoms with Gasteiger partial charge in [0.25, 0.3) is 0 Å². The SMILES string of the molecule is CC(C)n1cncc1CNCc1cccc2c1OCO2. The van der Waals surface area contributed by atoms with E-state index in [0.717, 1.165) is 30.2 Å². The lowest BCUT2D eigenvalue weighted by Crippen LogP contribution is -2.16. The number of hydrogen-bond acceptors (Lipinski definition) is 4. The number of para-hydroxylation sites is 1. The Kier molecular flexibility index (Phi) is 3.60. The molecule has 1 aliphatic heterocycles. The van der Waals surface area contributed by atoms with Crippen LogP contribution in [-0.4, -0.2) is 16.3 Å². The van der Waals surface area contributed by atoms with E-state index < -0.39 is 0 Å². The number of benzene rings is 1. The molecule has 0 spiro atoms. The minimum Gasteiger partial charge on any atom is -0.454 e. The third kappa shape index (κ3) is 2.49. The van der Waals surface area contributed by atoms with Crippen LogP contribution in [0.4, 0.5) is 0 Å². The number of nitrogens with zero attached hydrogens (tertiary/aromatic N) is 2. The van der Waals surface area contributed by atoms with Gasteiger partial charge in [0.15, 0.2) is 11.5 Å². The molecule has 0 fully saturated rings. The van der Waals surface area contributed by atoms with E-state index in [1.807, 2.05) is 24.7 Å². The number of aromatic nitrogens is 2. The third-order valence-electron chi connectivity index (χ3n) is 3.40. The number of imidazole rings is 1. The molecule has 0 aliphatic carbocycles. The monoisotopic (exact) mass is 273 g/mol. The second-order valence-electron chi connectivity index (χ2n) is 5.14. The van der Waals surface area contributed by atoms with Gasteiger partial charge in [-0.15, -0.1) is 0 Å². The molecule has 1 N–H and O–H groups in total. The highest BCUT2D eigenvalue weighted by molar-refractivity contribution is 5.48. The predicted molar refractivity (Wildman–Crippen MR) is 75.7 cm³/mol. The Morgan fingerprint density at radius 2 is 2.20 bits per heavy atom. The van der Waals surface area contributed by atoms with Crippen molar-refractivity contribution in [2.45, 2.75) is 33.0 Å². The quantitative estimate of drug-likeness (QED) is 0.909. The highest BCUT2D eigenvalue weighted by Gasteiger charge is 2.16. The summed E-state index contributed by atoms with van der Waals surface area (Å²) in [6.45, 7) is 6.14. The van der Waals surface area contributed by atoms with Gasteiger partial charge in [-0.1, -0.05) is 12.1 Å². The summed E-state index contributed by atoms with van der Waals surface area (Å²) >= 11 is 0. The van der Waals surface area contributed by atoms with Gasteiger partial charge in [0.05, 0.1) is 12.0 Å². The Morgan fingerprint density at radius 3 is 3.05 bits per heavy atom. The van der Waals surface area contributed by atoms with Crippen molar-refractivity contribution in [3.8, 4) is 11.5 Å². The number of hydrogen-bond donors (Lipinski definition) is 1. The van der Waals surface area contributed by atoms with Crippen LogP contribution in [0.25, 0.3) is 0 Å². The molecule has 0 saturated heterocycles. The van der Waals surface area contributed by atoms with Crippen LogP contribution in [0.2, 0.25) is 0 Å². The van der Waals surface area contributed by atoms with E-state index in [4.69, 9.17) is 9.47 Å². The van der Waals surface area contributed by atoms with E-state index in [1.165, 1.54) is 5.69 Å². The first-order chi connectivity index (χ1) is 9.75. The molecule has 2 aromatic rings. The molecule has 0 saturated carbocycles. The highest BCUT2D eigenvalue weighted by Crippen LogP contribution is 2.35. The fourth-order valence-corrected chi connectivity index (χ4v) is 2.39. The highest BCUT2D eigenvalue weighted by atomic mass is 16.7. The number of nitrogens with one attached hydrogen (secondary N) is 1. The fourth-order valence-electron chi connectivity index (χ4n) is 2.39. The predicted octanol–water partition coefficient (Wildman–Crippen LogP) is 2.48. The second-order valence-corrected chi connectivity index (χ2v) is 5.14. The Bertz CT molecular complexity index is 593. The average molecular weight is 273 g/mol. The first-order valence-electron chi connectivity index (χ1n) is 6.84. The largest absolute Gasteiger partial charge is 0.454 e. The lowest BCUT2D eigenvalue weighted by molar-refractivity contribution is 0.173. The molecule has 3 rings (SSSR count). The number of fused-ring (bicyclic) bond motifs is 1. The van der Waals surface area contributed by atoms with Crippen LogP contribution in [-0.2, 0) is 13.1 Å². The minimum absolute atomic E-state index is 0.312. The van der Waals surface area contributed by atoms with E-state index in [-0.39, 0.29) is 0 Å². The van der Waals surface area contributed by atoms with Gasteiger partial charge in [-0.3, -0.25) is 0 Å². The maximum atomic E-state index is 5.50. The van der Waals surface area contributed by atoms with Crippen molar-refractivity contribution >= 4 is 0 Å². The molecule has 5 heteroatoms. The zero-order valence-electron chi connectivity index (χ0n) is 11.8. The molecule has 5 nitrogen and oxygen atoms in total. The van der Waals surface area contributed by atoms with Crippen LogP contribution in [0.5, 0.6) is 11.5 Å². The lowest BCUT2D eigenvalue weighted by Gasteiger charge is -2.12. The molecule has 1 aromatic carbocycles. The minimum atomic E-state index is 0.312. The van der Waals surface area contributed by atoms with Crippen LogP contribution >= 0.6 is 0 Å². The summed E-state index contributed by atoms with van der Waals surface area (Å²) in [4.78, 5) is 4.21. The first kappa shape index (κ1) is 13.0. The van der Waals surface area contributed by atoms with E-state index in [2.05, 4.69) is 34.8 Å². The van der Waals surface area contributed by atoms with Crippen molar-refractivity contribution in [3.63, 3.8) is 0 Å². The van der Waals surface area contributed by atoms with Crippen molar-refractivity contribution in [1.82, 2.24) is 14.9 Å². The average Bonchev–Trinajstić information content (AvgIpc) is 3.07. The Hall–Kier alpha value is -2.01. The summed E-state index contributed by atoms with van der Waals surface area (Å²) in [6, 6.07) is 6.40. The third-order valence-corrected chi connectivity index (χ3v) is 3.40. The number of rotatable bonds is 5. The molecule has 0 unspecified atom stereocenters. The Labute approximate surface area is 118 Å². The van der Waals surface area contributed by atoms with Gasteiger partial charge in [-0.25, -0.2) is 4.98 Å². The van der Waals surface area contributed by atoms with Gasteiger partial charge >= 0.3 is 0 Å². The number of ether oxygens (including phenoxy) is 2. The summed E-state index contributed by atoms with van der Waals surface area (Å²) in [7, 11) is 0. The maximum Gasteiger partial charge on any atom is 0.231 e. The fraction of sp³-hybridized carbons (Fsp3) is 0.400. The molecule has 106 valence electrons. The van der Waals surface area contributed by atoms with Crippen LogP contribution < -0.4 is 14.8 Å². The van der Waals surface area contributed by atoms with Gasteiger partial charge in [0.2, 0.25) is 6.79 Å². The van der Waals surface area contributed by atoms with Crippen LogP contribution in [0.1, 0.15) is 31.1 Å². The summed E-state index contributed by atoms with van der Waals surface area (Å²) < 4.78 is 13.0. The van der Waals surface area contributed by atoms with Crippen LogP contribution in [0, 0.1) is 0 Å². The van der Waals surface area contributed by atoms with Crippen molar-refractivity contribution in [3.05, 3.63) is 42.0 Å². The Balaban J connectivity index is 1.63. The van der Waals surface area contributed by atoms with Crippen molar-refractivity contribution in [2.24, 2.45) is 0 Å². The molecular weight excluding hydrogens is 254 g/mol. The van der Waals surface area contributed by atoms with Gasteiger partial charge in [0.1, 0.15) is 0 Å². The molecule has 1 aromatic heterocycles. The topological polar surface area (TPSA) is 48.3 Å². The summed E-state index contributed by atoms with van der Waals surface area (Å²) in [5.74, 6) is 1.69. The smallest absolute Gasteiger partial charge is 0.231 e. The summed E-state index contributed by atoms with van der Waals surface area (Å²) in [5.41, 5.74) is 2.31. The van der Waals surface area contributed by atoms with E-state index in [9.17, 15) is 0 Å². The molecule has 20 heavy (non-hydrogen) atoms. The molecule has 2 heterocycles. The van der Waals surface area contributed by atoms with Gasteiger partial charge in [0, 0.05) is 30.9 Å². The lowest BCUT2D eigenvalue weighted by atomic mass is 10.2. The standard InChI is InChI=1S/C15H19N3O2/c1-11(2)18-9-17-8-13(18)7-16-6-12-4-3-5-14-15(12)20-10-19-14/h3-5,8-9,11,16H,6-7,10H2,1-2H3. The van der Waals surface area contributed by atoms with Gasteiger partial charge in [-0.2, -0.15) is 0 Å². The molecular formula is C15H19N3O2. The van der Waals surface area contributed by atoms with E-state index in [1.54, 1.807) is 0 Å². The zero-order valence-corrected chi connectivity index (χ0v) is 11.8. The summed E-state index contributed by atoms with van der Waals surface area (Å²) in [5, 5.41) is 3.43. The van der Waals surface area contributed by atoms with Gasteiger partial charge in [-0.05, 0) is 19.9 Å². The summed E-state index contributed by atoms with van der Waals surface area (Å²) in [6.07, 6.45) is 3.78. The zero-order chi connectivity index (χ0) is 13.9. The Morgan fingerprint density at radius 1 is 1.30 bits per heavy atom. The van der Waals surface area contributed by atoms with Crippen molar-refractivity contribution < 1.29 is 9.47 Å². The molecule has 0 bridgehead atoms. The normalized spacial score (nSPS) is 13.2. The van der Waals surface area contributed by atoms with E-state index in [0.29, 0.717) is 12.8 Å². The molecule has 0 atom stereocenters.